The van der Waals surface area contributed by atoms with Gasteiger partial charge in [-0.15, -0.1) is 0 Å². The van der Waals surface area contributed by atoms with Gasteiger partial charge in [0.25, 0.3) is 17.8 Å². The molecule has 2 aromatic rings. The Hall–Kier alpha value is -2.77. The zero-order chi connectivity index (χ0) is 23.2. The first-order valence-electron chi connectivity index (χ1n) is 12.4. The molecular weight excluding hydrogens is 416 g/mol. The molecule has 33 heavy (non-hydrogen) atoms. The third-order valence-corrected chi connectivity index (χ3v) is 8.02. The summed E-state index contributed by atoms with van der Waals surface area (Å²) in [5.41, 5.74) is 7.92. The van der Waals surface area contributed by atoms with E-state index in [1.165, 1.54) is 43.2 Å². The van der Waals surface area contributed by atoms with Crippen molar-refractivity contribution in [3.63, 3.8) is 0 Å². The number of hydrogen-bond acceptors (Lipinski definition) is 5. The van der Waals surface area contributed by atoms with Crippen LogP contribution in [0.25, 0.3) is 5.95 Å². The predicted molar refractivity (Wildman–Crippen MR) is 124 cm³/mol. The van der Waals surface area contributed by atoms with E-state index in [2.05, 4.69) is 27.3 Å². The zero-order valence-electron chi connectivity index (χ0n) is 19.6. The monoisotopic (exact) mass is 450 g/mol. The Morgan fingerprint density at radius 3 is 2.45 bits per heavy atom. The van der Waals surface area contributed by atoms with Crippen LogP contribution >= 0.6 is 0 Å². The molecule has 4 fully saturated rings. The van der Waals surface area contributed by atoms with Gasteiger partial charge in [-0.1, -0.05) is 13.3 Å². The molecule has 0 aromatic carbocycles. The number of rotatable bonds is 8. The second-order valence-electron chi connectivity index (χ2n) is 10.7. The summed E-state index contributed by atoms with van der Waals surface area (Å²) in [5, 5.41) is 7.66. The molecule has 2 heterocycles. The lowest BCUT2D eigenvalue weighted by Crippen LogP contribution is -2.51. The van der Waals surface area contributed by atoms with Gasteiger partial charge in [-0.05, 0) is 81.5 Å². The molecule has 0 spiro atoms. The molecule has 2 aromatic heterocycles. The van der Waals surface area contributed by atoms with Gasteiger partial charge in [0.05, 0.1) is 11.3 Å². The van der Waals surface area contributed by atoms with Gasteiger partial charge in [0.15, 0.2) is 0 Å². The maximum Gasteiger partial charge on any atom is 0.267 e. The van der Waals surface area contributed by atoms with Crippen LogP contribution in [0.15, 0.2) is 12.4 Å². The van der Waals surface area contributed by atoms with Gasteiger partial charge in [-0.25, -0.2) is 14.6 Å². The van der Waals surface area contributed by atoms with E-state index in [1.54, 1.807) is 19.3 Å². The summed E-state index contributed by atoms with van der Waals surface area (Å²) in [5.74, 6) is 2.12. The van der Waals surface area contributed by atoms with Crippen LogP contribution < -0.4 is 11.1 Å². The number of aromatic nitrogens is 4. The van der Waals surface area contributed by atoms with Crippen molar-refractivity contribution < 1.29 is 9.59 Å². The van der Waals surface area contributed by atoms with Gasteiger partial charge in [-0.2, -0.15) is 5.10 Å². The van der Waals surface area contributed by atoms with E-state index in [9.17, 15) is 9.59 Å². The van der Waals surface area contributed by atoms with Crippen molar-refractivity contribution in [1.82, 2.24) is 25.1 Å². The molecule has 0 unspecified atom stereocenters. The largest absolute Gasteiger partial charge is 0.364 e. The summed E-state index contributed by atoms with van der Waals surface area (Å²) < 4.78 is 1.46. The van der Waals surface area contributed by atoms with E-state index in [4.69, 9.17) is 5.73 Å². The lowest BCUT2D eigenvalue weighted by atomic mass is 9.49. The first-order chi connectivity index (χ1) is 15.9. The smallest absolute Gasteiger partial charge is 0.267 e. The number of primary amides is 1. The number of unbranched alkanes of at least 4 members (excludes halogenated alkanes) is 1. The Morgan fingerprint density at radius 2 is 1.85 bits per heavy atom. The molecule has 0 saturated heterocycles. The molecule has 0 atom stereocenters. The van der Waals surface area contributed by atoms with E-state index in [1.807, 2.05) is 0 Å². The van der Waals surface area contributed by atoms with Gasteiger partial charge >= 0.3 is 0 Å². The standard InChI is InChI=1S/C25H34N6O2/c1-3-4-5-19-12-27-24(29-21(19)22(26)32)31-13-20(15(2)30-31)23(33)28-14-25-9-16-6-17(10-25)8-18(7-16)11-25/h12-13,16-18H,3-11,14H2,1-2H3,(H2,26,32)(H,28,33). The van der Waals surface area contributed by atoms with Crippen molar-refractivity contribution in [3.05, 3.63) is 34.9 Å². The number of nitrogens with two attached hydrogens (primary N) is 1. The lowest BCUT2D eigenvalue weighted by molar-refractivity contribution is -0.0503. The maximum absolute atomic E-state index is 13.1. The molecular formula is C25H34N6O2. The molecule has 8 nitrogen and oxygen atoms in total. The van der Waals surface area contributed by atoms with Crippen LogP contribution in [0.4, 0.5) is 0 Å². The summed E-state index contributed by atoms with van der Waals surface area (Å²) in [6.45, 7) is 4.64. The summed E-state index contributed by atoms with van der Waals surface area (Å²) >= 11 is 0. The molecule has 4 saturated carbocycles. The summed E-state index contributed by atoms with van der Waals surface area (Å²) in [6, 6.07) is 0. The van der Waals surface area contributed by atoms with Crippen molar-refractivity contribution in [2.45, 2.75) is 71.6 Å². The summed E-state index contributed by atoms with van der Waals surface area (Å²) in [6.07, 6.45) is 13.9. The van der Waals surface area contributed by atoms with E-state index in [0.29, 0.717) is 17.7 Å². The third kappa shape index (κ3) is 4.27. The van der Waals surface area contributed by atoms with Crippen molar-refractivity contribution in [2.24, 2.45) is 28.9 Å². The van der Waals surface area contributed by atoms with E-state index < -0.39 is 5.91 Å². The van der Waals surface area contributed by atoms with Crippen LogP contribution in [-0.2, 0) is 6.42 Å². The minimum absolute atomic E-state index is 0.107. The first-order valence-corrected chi connectivity index (χ1v) is 12.4. The average molecular weight is 451 g/mol. The lowest BCUT2D eigenvalue weighted by Gasteiger charge is -2.56. The van der Waals surface area contributed by atoms with Gasteiger partial charge in [0, 0.05) is 24.5 Å². The number of hydrogen-bond donors (Lipinski definition) is 2. The number of aryl methyl sites for hydroxylation is 2. The highest BCUT2D eigenvalue weighted by Gasteiger charge is 2.50. The predicted octanol–water partition coefficient (Wildman–Crippen LogP) is 3.36. The van der Waals surface area contributed by atoms with Crippen LogP contribution in [0.5, 0.6) is 0 Å². The fourth-order valence-corrected chi connectivity index (χ4v) is 6.93. The van der Waals surface area contributed by atoms with Crippen molar-refractivity contribution in [1.29, 1.82) is 0 Å². The molecule has 3 N–H and O–H groups in total. The Labute approximate surface area is 194 Å². The van der Waals surface area contributed by atoms with Crippen molar-refractivity contribution in [2.75, 3.05) is 6.54 Å². The van der Waals surface area contributed by atoms with Crippen LogP contribution in [0.1, 0.15) is 90.4 Å². The summed E-state index contributed by atoms with van der Waals surface area (Å²) in [4.78, 5) is 33.8. The van der Waals surface area contributed by atoms with Gasteiger partial charge in [0.2, 0.25) is 0 Å². The van der Waals surface area contributed by atoms with Crippen LogP contribution in [0.3, 0.4) is 0 Å². The van der Waals surface area contributed by atoms with Crippen LogP contribution in [-0.4, -0.2) is 38.1 Å². The molecule has 0 aliphatic heterocycles. The van der Waals surface area contributed by atoms with E-state index >= 15 is 0 Å². The Balaban J connectivity index is 1.31. The second-order valence-corrected chi connectivity index (χ2v) is 10.7. The molecule has 176 valence electrons. The quantitative estimate of drug-likeness (QED) is 0.640. The highest BCUT2D eigenvalue weighted by molar-refractivity contribution is 5.95. The highest BCUT2D eigenvalue weighted by Crippen LogP contribution is 2.59. The van der Waals surface area contributed by atoms with Crippen molar-refractivity contribution in [3.8, 4) is 5.95 Å². The SMILES string of the molecule is CCCCc1cnc(-n2cc(C(=O)NCC34CC5CC(CC(C5)C3)C4)c(C)n2)nc1C(N)=O. The maximum atomic E-state index is 13.1. The molecule has 2 amide bonds. The van der Waals surface area contributed by atoms with E-state index in [-0.39, 0.29) is 23.0 Å². The Kier molecular flexibility index (Phi) is 5.70. The Bertz CT molecular complexity index is 1040. The number of nitrogens with zero attached hydrogens (tertiary/aromatic N) is 4. The first kappa shape index (κ1) is 22.0. The minimum atomic E-state index is -0.581. The molecule has 4 aliphatic carbocycles. The van der Waals surface area contributed by atoms with Gasteiger partial charge in [0.1, 0.15) is 5.69 Å². The Morgan fingerprint density at radius 1 is 1.18 bits per heavy atom. The normalized spacial score (nSPS) is 27.6. The molecule has 6 rings (SSSR count). The highest BCUT2D eigenvalue weighted by atomic mass is 16.2. The summed E-state index contributed by atoms with van der Waals surface area (Å²) in [7, 11) is 0. The fraction of sp³-hybridized carbons (Fsp3) is 0.640. The number of carbonyl (C=O) groups excluding carboxylic acids is 2. The number of amides is 2. The second kappa shape index (κ2) is 8.54. The average Bonchev–Trinajstić information content (AvgIpc) is 3.16. The minimum Gasteiger partial charge on any atom is -0.364 e. The van der Waals surface area contributed by atoms with Crippen LogP contribution in [0.2, 0.25) is 0 Å². The molecule has 0 radical (unpaired) electrons. The van der Waals surface area contributed by atoms with Crippen LogP contribution in [0, 0.1) is 30.1 Å². The van der Waals surface area contributed by atoms with Crippen molar-refractivity contribution >= 4 is 11.8 Å². The molecule has 4 bridgehead atoms. The molecule has 4 aliphatic rings. The number of nitrogens with one attached hydrogen (secondary N) is 1. The zero-order valence-corrected chi connectivity index (χ0v) is 19.6. The van der Waals surface area contributed by atoms with E-state index in [0.717, 1.165) is 42.7 Å². The van der Waals surface area contributed by atoms with Gasteiger partial charge in [-0.3, -0.25) is 9.59 Å². The third-order valence-electron chi connectivity index (χ3n) is 8.02. The number of carbonyl (C=O) groups is 2. The topological polar surface area (TPSA) is 116 Å². The fourth-order valence-electron chi connectivity index (χ4n) is 6.93. The molecule has 8 heteroatoms. The van der Waals surface area contributed by atoms with Gasteiger partial charge < -0.3 is 11.1 Å².